The fourth-order valence-corrected chi connectivity index (χ4v) is 4.01. The molecule has 0 fully saturated rings. The van der Waals surface area contributed by atoms with Gasteiger partial charge in [-0.25, -0.2) is 0 Å². The van der Waals surface area contributed by atoms with Gasteiger partial charge in [-0.1, -0.05) is 65.1 Å². The number of Topliss-reactive ketones (excluding diaryl/α,β-unsaturated/α-hetero) is 1. The molecule has 0 saturated heterocycles. The van der Waals surface area contributed by atoms with E-state index in [2.05, 4.69) is 20.3 Å². The van der Waals surface area contributed by atoms with Gasteiger partial charge in [0.15, 0.2) is 10.1 Å². The molecule has 0 bridgehead atoms. The van der Waals surface area contributed by atoms with Crippen molar-refractivity contribution in [3.63, 3.8) is 0 Å². The molecular formula is C19H17F2N3O2S2. The average Bonchev–Trinajstić information content (AvgIpc) is 3.14. The Morgan fingerprint density at radius 1 is 1.21 bits per heavy atom. The molecule has 1 aromatic heterocycles. The van der Waals surface area contributed by atoms with E-state index >= 15 is 0 Å². The zero-order valence-electron chi connectivity index (χ0n) is 14.9. The first-order valence-corrected chi connectivity index (χ1v) is 10.1. The Kier molecular flexibility index (Phi) is 6.94. The lowest BCUT2D eigenvalue weighted by molar-refractivity contribution is -0.0501. The van der Waals surface area contributed by atoms with Gasteiger partial charge in [0.25, 0.3) is 0 Å². The summed E-state index contributed by atoms with van der Waals surface area (Å²) in [6.45, 7) is -0.578. The molecule has 0 spiro atoms. The molecule has 0 aliphatic carbocycles. The number of aromatic nitrogens is 2. The smallest absolute Gasteiger partial charge is 0.387 e. The lowest BCUT2D eigenvalue weighted by Crippen LogP contribution is -2.10. The third-order valence-electron chi connectivity index (χ3n) is 3.67. The molecule has 2 aromatic carbocycles. The molecule has 1 N–H and O–H groups in total. The number of carbonyl (C=O) groups is 1. The molecule has 5 nitrogen and oxygen atoms in total. The van der Waals surface area contributed by atoms with Crippen LogP contribution in [0.4, 0.5) is 13.9 Å². The second-order valence-corrected chi connectivity index (χ2v) is 8.00. The van der Waals surface area contributed by atoms with Crippen LogP contribution >= 0.6 is 23.1 Å². The maximum absolute atomic E-state index is 12.6. The summed E-state index contributed by atoms with van der Waals surface area (Å²) in [7, 11) is 0. The maximum Gasteiger partial charge on any atom is 0.387 e. The predicted molar refractivity (Wildman–Crippen MR) is 107 cm³/mol. The largest absolute Gasteiger partial charge is 0.434 e. The molecule has 9 heteroatoms. The van der Waals surface area contributed by atoms with E-state index in [0.717, 1.165) is 11.1 Å². The van der Waals surface area contributed by atoms with E-state index in [1.165, 1.54) is 29.2 Å². The molecule has 0 aliphatic rings. The summed E-state index contributed by atoms with van der Waals surface area (Å²) in [6, 6.07) is 14.4. The summed E-state index contributed by atoms with van der Waals surface area (Å²) < 4.78 is 30.2. The van der Waals surface area contributed by atoms with Gasteiger partial charge in [0, 0.05) is 6.54 Å². The number of halogens is 2. The van der Waals surface area contributed by atoms with Crippen LogP contribution in [-0.2, 0) is 6.54 Å². The SMILES string of the molecule is Cc1ccc(OC(F)F)c(C(=O)CSc2nnc(NCc3ccccc3)s2)c1. The third kappa shape index (κ3) is 5.74. The number of rotatable bonds is 9. The number of thioether (sulfide) groups is 1. The number of anilines is 1. The van der Waals surface area contributed by atoms with Crippen molar-refractivity contribution in [2.24, 2.45) is 0 Å². The van der Waals surface area contributed by atoms with Crippen LogP contribution in [-0.4, -0.2) is 28.3 Å². The van der Waals surface area contributed by atoms with Crippen molar-refractivity contribution < 1.29 is 18.3 Å². The lowest BCUT2D eigenvalue weighted by atomic mass is 10.1. The third-order valence-corrected chi connectivity index (χ3v) is 5.69. The predicted octanol–water partition coefficient (Wildman–Crippen LogP) is 5.04. The van der Waals surface area contributed by atoms with Crippen molar-refractivity contribution >= 4 is 34.0 Å². The van der Waals surface area contributed by atoms with Crippen LogP contribution in [0.5, 0.6) is 5.75 Å². The van der Waals surface area contributed by atoms with Gasteiger partial charge in [0.1, 0.15) is 5.75 Å². The molecule has 1 heterocycles. The van der Waals surface area contributed by atoms with Crippen LogP contribution < -0.4 is 10.1 Å². The molecule has 0 radical (unpaired) electrons. The van der Waals surface area contributed by atoms with Crippen LogP contribution in [0.15, 0.2) is 52.9 Å². The molecule has 3 rings (SSSR count). The van der Waals surface area contributed by atoms with E-state index in [9.17, 15) is 13.6 Å². The monoisotopic (exact) mass is 421 g/mol. The topological polar surface area (TPSA) is 64.1 Å². The Morgan fingerprint density at radius 3 is 2.75 bits per heavy atom. The number of hydrogen-bond donors (Lipinski definition) is 1. The number of ketones is 1. The molecule has 0 amide bonds. The van der Waals surface area contributed by atoms with Gasteiger partial charge in [-0.05, 0) is 24.6 Å². The van der Waals surface area contributed by atoms with E-state index in [4.69, 9.17) is 0 Å². The Bertz CT molecular complexity index is 936. The molecule has 0 aliphatic heterocycles. The fourth-order valence-electron chi connectivity index (χ4n) is 2.38. The number of alkyl halides is 2. The molecule has 3 aromatic rings. The van der Waals surface area contributed by atoms with E-state index in [1.807, 2.05) is 30.3 Å². The molecule has 0 atom stereocenters. The van der Waals surface area contributed by atoms with Gasteiger partial charge < -0.3 is 10.1 Å². The number of aryl methyl sites for hydroxylation is 1. The Morgan fingerprint density at radius 2 is 2.00 bits per heavy atom. The highest BCUT2D eigenvalue weighted by molar-refractivity contribution is 8.01. The summed E-state index contributed by atoms with van der Waals surface area (Å²) in [5.41, 5.74) is 2.05. The van der Waals surface area contributed by atoms with E-state index < -0.39 is 6.61 Å². The van der Waals surface area contributed by atoms with Crippen molar-refractivity contribution in [3.8, 4) is 5.75 Å². The Hall–Kier alpha value is -2.52. The van der Waals surface area contributed by atoms with Gasteiger partial charge in [0.05, 0.1) is 11.3 Å². The van der Waals surface area contributed by atoms with Gasteiger partial charge in [-0.15, -0.1) is 10.2 Å². The molecule has 0 saturated carbocycles. The second kappa shape index (κ2) is 9.61. The quantitative estimate of drug-likeness (QED) is 0.386. The standard InChI is InChI=1S/C19H17F2N3O2S2/c1-12-7-8-16(26-17(20)21)14(9-12)15(25)11-27-19-24-23-18(28-19)22-10-13-5-3-2-4-6-13/h2-9,17H,10-11H2,1H3,(H,22,23). The first-order chi connectivity index (χ1) is 13.5. The number of hydrogen-bond acceptors (Lipinski definition) is 7. The average molecular weight is 421 g/mol. The van der Waals surface area contributed by atoms with Crippen molar-refractivity contribution in [2.75, 3.05) is 11.1 Å². The number of nitrogens with zero attached hydrogens (tertiary/aromatic N) is 2. The molecule has 146 valence electrons. The number of ether oxygens (including phenoxy) is 1. The zero-order chi connectivity index (χ0) is 19.9. The first kappa shape index (κ1) is 20.2. The van der Waals surface area contributed by atoms with Gasteiger partial charge in [0.2, 0.25) is 5.13 Å². The Labute approximate surface area is 169 Å². The van der Waals surface area contributed by atoms with E-state index in [0.29, 0.717) is 16.0 Å². The normalized spacial score (nSPS) is 10.9. The van der Waals surface area contributed by atoms with E-state index in [1.54, 1.807) is 19.1 Å². The van der Waals surface area contributed by atoms with Crippen LogP contribution in [0.1, 0.15) is 21.5 Å². The Balaban J connectivity index is 1.58. The summed E-state index contributed by atoms with van der Waals surface area (Å²) in [5.74, 6) is -0.372. The van der Waals surface area contributed by atoms with Gasteiger partial charge >= 0.3 is 6.61 Å². The van der Waals surface area contributed by atoms with E-state index in [-0.39, 0.29) is 22.8 Å². The number of nitrogens with one attached hydrogen (secondary N) is 1. The van der Waals surface area contributed by atoms with Crippen LogP contribution in [0.3, 0.4) is 0 Å². The summed E-state index contributed by atoms with van der Waals surface area (Å²) in [5, 5.41) is 11.9. The van der Waals surface area contributed by atoms with Crippen LogP contribution in [0, 0.1) is 6.92 Å². The molecule has 28 heavy (non-hydrogen) atoms. The lowest BCUT2D eigenvalue weighted by Gasteiger charge is -2.10. The van der Waals surface area contributed by atoms with Crippen LogP contribution in [0.2, 0.25) is 0 Å². The zero-order valence-corrected chi connectivity index (χ0v) is 16.5. The highest BCUT2D eigenvalue weighted by Crippen LogP contribution is 2.29. The summed E-state index contributed by atoms with van der Waals surface area (Å²) >= 11 is 2.55. The molecular weight excluding hydrogens is 404 g/mol. The summed E-state index contributed by atoms with van der Waals surface area (Å²) in [6.07, 6.45) is 0. The van der Waals surface area contributed by atoms with Crippen molar-refractivity contribution in [2.45, 2.75) is 24.4 Å². The van der Waals surface area contributed by atoms with Crippen molar-refractivity contribution in [1.29, 1.82) is 0 Å². The van der Waals surface area contributed by atoms with Gasteiger partial charge in [-0.2, -0.15) is 8.78 Å². The van der Waals surface area contributed by atoms with Crippen LogP contribution in [0.25, 0.3) is 0 Å². The maximum atomic E-state index is 12.6. The van der Waals surface area contributed by atoms with Crippen molar-refractivity contribution in [3.05, 3.63) is 65.2 Å². The number of benzene rings is 2. The highest BCUT2D eigenvalue weighted by Gasteiger charge is 2.17. The second-order valence-electron chi connectivity index (χ2n) is 5.80. The minimum Gasteiger partial charge on any atom is -0.434 e. The minimum atomic E-state index is -2.98. The highest BCUT2D eigenvalue weighted by atomic mass is 32.2. The van der Waals surface area contributed by atoms with Gasteiger partial charge in [-0.3, -0.25) is 4.79 Å². The number of carbonyl (C=O) groups excluding carboxylic acids is 1. The minimum absolute atomic E-state index is 0.0520. The molecule has 0 unspecified atom stereocenters. The fraction of sp³-hybridized carbons (Fsp3) is 0.211. The summed E-state index contributed by atoms with van der Waals surface area (Å²) in [4.78, 5) is 12.5. The van der Waals surface area contributed by atoms with Crippen molar-refractivity contribution in [1.82, 2.24) is 10.2 Å². The first-order valence-electron chi connectivity index (χ1n) is 8.34.